The number of halogens is 2. The van der Waals surface area contributed by atoms with Crippen LogP contribution in [0.25, 0.3) is 0 Å². The van der Waals surface area contributed by atoms with E-state index in [0.717, 1.165) is 25.2 Å². The molecule has 2 N–H and O–H groups in total. The van der Waals surface area contributed by atoms with Crippen LogP contribution in [0.3, 0.4) is 0 Å². The summed E-state index contributed by atoms with van der Waals surface area (Å²) >= 11 is 3.23. The van der Waals surface area contributed by atoms with Crippen LogP contribution in [0, 0.1) is 11.7 Å². The first-order chi connectivity index (χ1) is 7.65. The van der Waals surface area contributed by atoms with Gasteiger partial charge in [0.2, 0.25) is 0 Å². The predicted molar refractivity (Wildman–Crippen MR) is 67.7 cm³/mol. The molecule has 2 rings (SSSR count). The summed E-state index contributed by atoms with van der Waals surface area (Å²) < 4.78 is 13.6. The summed E-state index contributed by atoms with van der Waals surface area (Å²) in [5.41, 5.74) is 7.09. The van der Waals surface area contributed by atoms with Crippen LogP contribution < -0.4 is 5.73 Å². The van der Waals surface area contributed by atoms with Crippen molar-refractivity contribution >= 4 is 15.9 Å². The number of hydrogen-bond donors (Lipinski definition) is 1. The van der Waals surface area contributed by atoms with Gasteiger partial charge in [-0.25, -0.2) is 4.39 Å². The van der Waals surface area contributed by atoms with Crippen LogP contribution >= 0.6 is 15.9 Å². The molecule has 16 heavy (non-hydrogen) atoms. The van der Waals surface area contributed by atoms with Crippen molar-refractivity contribution in [2.24, 2.45) is 11.7 Å². The lowest BCUT2D eigenvalue weighted by Gasteiger charge is -2.26. The minimum absolute atomic E-state index is 0.186. The van der Waals surface area contributed by atoms with Crippen molar-refractivity contribution in [2.45, 2.75) is 38.1 Å². The van der Waals surface area contributed by atoms with E-state index in [1.165, 1.54) is 24.5 Å². The summed E-state index contributed by atoms with van der Waals surface area (Å²) in [5, 5.41) is 0. The van der Waals surface area contributed by atoms with Gasteiger partial charge in [-0.3, -0.25) is 0 Å². The van der Waals surface area contributed by atoms with Gasteiger partial charge >= 0.3 is 0 Å². The van der Waals surface area contributed by atoms with Crippen LogP contribution in [0.2, 0.25) is 0 Å². The van der Waals surface area contributed by atoms with Gasteiger partial charge in [-0.15, -0.1) is 0 Å². The Balaban J connectivity index is 1.96. The molecule has 0 aliphatic heterocycles. The summed E-state index contributed by atoms with van der Waals surface area (Å²) in [6, 6.07) is 5.71. The van der Waals surface area contributed by atoms with Gasteiger partial charge in [0.1, 0.15) is 5.82 Å². The van der Waals surface area contributed by atoms with E-state index in [4.69, 9.17) is 5.73 Å². The zero-order valence-electron chi connectivity index (χ0n) is 9.26. The molecule has 0 atom stereocenters. The second-order valence-corrected chi connectivity index (χ2v) is 5.59. The molecule has 0 unspecified atom stereocenters. The topological polar surface area (TPSA) is 26.0 Å². The second-order valence-electron chi connectivity index (χ2n) is 4.73. The van der Waals surface area contributed by atoms with E-state index in [9.17, 15) is 4.39 Å². The van der Waals surface area contributed by atoms with Crippen molar-refractivity contribution in [3.63, 3.8) is 0 Å². The summed E-state index contributed by atoms with van der Waals surface area (Å²) in [6.45, 7) is 0. The van der Waals surface area contributed by atoms with E-state index in [1.54, 1.807) is 0 Å². The number of nitrogens with two attached hydrogens (primary N) is 1. The van der Waals surface area contributed by atoms with Crippen molar-refractivity contribution in [1.29, 1.82) is 0 Å². The predicted octanol–water partition coefficient (Wildman–Crippen LogP) is 3.65. The molecule has 0 spiro atoms. The van der Waals surface area contributed by atoms with E-state index < -0.39 is 0 Å². The number of hydrogen-bond acceptors (Lipinski definition) is 1. The lowest BCUT2D eigenvalue weighted by Crippen LogP contribution is -2.27. The Morgan fingerprint density at radius 2 is 1.94 bits per heavy atom. The van der Waals surface area contributed by atoms with Gasteiger partial charge in [-0.05, 0) is 71.6 Å². The Bertz CT molecular complexity index is 359. The van der Waals surface area contributed by atoms with Gasteiger partial charge < -0.3 is 5.73 Å². The lowest BCUT2D eigenvalue weighted by molar-refractivity contribution is 0.325. The van der Waals surface area contributed by atoms with E-state index in [2.05, 4.69) is 15.9 Å². The van der Waals surface area contributed by atoms with Gasteiger partial charge in [-0.1, -0.05) is 6.07 Å². The average molecular weight is 286 g/mol. The zero-order valence-corrected chi connectivity index (χ0v) is 10.8. The number of rotatable bonds is 2. The van der Waals surface area contributed by atoms with E-state index in [0.29, 0.717) is 10.5 Å². The molecule has 1 saturated carbocycles. The van der Waals surface area contributed by atoms with E-state index in [1.807, 2.05) is 12.1 Å². The quantitative estimate of drug-likeness (QED) is 0.882. The summed E-state index contributed by atoms with van der Waals surface area (Å²) in [4.78, 5) is 0. The molecular formula is C13H17BrFN. The molecule has 0 aromatic heterocycles. The highest BCUT2D eigenvalue weighted by atomic mass is 79.9. The monoisotopic (exact) mass is 285 g/mol. The molecule has 0 amide bonds. The summed E-state index contributed by atoms with van der Waals surface area (Å²) in [7, 11) is 0. The number of benzene rings is 1. The lowest BCUT2D eigenvalue weighted by atomic mass is 9.83. The first-order valence-corrected chi connectivity index (χ1v) is 6.64. The molecule has 0 saturated heterocycles. The fourth-order valence-electron chi connectivity index (χ4n) is 2.39. The third-order valence-electron chi connectivity index (χ3n) is 3.40. The Kier molecular flexibility index (Phi) is 3.98. The molecule has 0 radical (unpaired) electrons. The van der Waals surface area contributed by atoms with Crippen LogP contribution in [0.15, 0.2) is 22.7 Å². The molecule has 1 aromatic rings. The second kappa shape index (κ2) is 5.28. The average Bonchev–Trinajstić information content (AvgIpc) is 2.27. The molecule has 1 nitrogen and oxygen atoms in total. The first kappa shape index (κ1) is 12.1. The highest BCUT2D eigenvalue weighted by Crippen LogP contribution is 2.27. The van der Waals surface area contributed by atoms with Crippen molar-refractivity contribution in [3.8, 4) is 0 Å². The fraction of sp³-hybridized carbons (Fsp3) is 0.538. The van der Waals surface area contributed by atoms with E-state index >= 15 is 0 Å². The molecule has 3 heteroatoms. The largest absolute Gasteiger partial charge is 0.328 e. The maximum absolute atomic E-state index is 13.1. The van der Waals surface area contributed by atoms with Crippen molar-refractivity contribution in [3.05, 3.63) is 34.1 Å². The van der Waals surface area contributed by atoms with Gasteiger partial charge in [-0.2, -0.15) is 0 Å². The zero-order chi connectivity index (χ0) is 11.5. The van der Waals surface area contributed by atoms with Crippen LogP contribution in [-0.4, -0.2) is 6.04 Å². The molecule has 88 valence electrons. The fourth-order valence-corrected chi connectivity index (χ4v) is 2.82. The standard InChI is InChI=1S/C13H17BrFN/c14-12-8-10(3-6-13(12)15)7-9-1-4-11(16)5-2-9/h3,6,8-9,11H,1-2,4-5,7,16H2. The SMILES string of the molecule is NC1CCC(Cc2ccc(F)c(Br)c2)CC1. The maximum Gasteiger partial charge on any atom is 0.137 e. The minimum atomic E-state index is -0.186. The van der Waals surface area contributed by atoms with Crippen LogP contribution in [0.1, 0.15) is 31.2 Å². The van der Waals surface area contributed by atoms with E-state index in [-0.39, 0.29) is 5.82 Å². The van der Waals surface area contributed by atoms with Gasteiger partial charge in [0, 0.05) is 6.04 Å². The van der Waals surface area contributed by atoms with Crippen LogP contribution in [0.5, 0.6) is 0 Å². The van der Waals surface area contributed by atoms with Crippen LogP contribution in [0.4, 0.5) is 4.39 Å². The first-order valence-electron chi connectivity index (χ1n) is 5.84. The summed E-state index contributed by atoms with van der Waals surface area (Å²) in [5.74, 6) is 0.534. The molecule has 1 aromatic carbocycles. The Labute approximate surface area is 104 Å². The summed E-state index contributed by atoms with van der Waals surface area (Å²) in [6.07, 6.45) is 5.72. The van der Waals surface area contributed by atoms with Crippen molar-refractivity contribution < 1.29 is 4.39 Å². The van der Waals surface area contributed by atoms with Crippen molar-refractivity contribution in [2.75, 3.05) is 0 Å². The smallest absolute Gasteiger partial charge is 0.137 e. The molecule has 0 heterocycles. The van der Waals surface area contributed by atoms with Crippen molar-refractivity contribution in [1.82, 2.24) is 0 Å². The normalized spacial score (nSPS) is 25.7. The van der Waals surface area contributed by atoms with Crippen LogP contribution in [-0.2, 0) is 6.42 Å². The minimum Gasteiger partial charge on any atom is -0.328 e. The van der Waals surface area contributed by atoms with Gasteiger partial charge in [0.15, 0.2) is 0 Å². The molecule has 1 aliphatic carbocycles. The third-order valence-corrected chi connectivity index (χ3v) is 4.01. The highest BCUT2D eigenvalue weighted by Gasteiger charge is 2.18. The molecular weight excluding hydrogens is 269 g/mol. The third kappa shape index (κ3) is 3.05. The Morgan fingerprint density at radius 3 is 2.56 bits per heavy atom. The molecule has 0 bridgehead atoms. The highest BCUT2D eigenvalue weighted by molar-refractivity contribution is 9.10. The van der Waals surface area contributed by atoms with Gasteiger partial charge in [0.25, 0.3) is 0 Å². The Morgan fingerprint density at radius 1 is 1.25 bits per heavy atom. The molecule has 1 aliphatic rings. The Hall–Kier alpha value is -0.410. The van der Waals surface area contributed by atoms with Gasteiger partial charge in [0.05, 0.1) is 4.47 Å². The maximum atomic E-state index is 13.1. The molecule has 1 fully saturated rings.